The van der Waals surface area contributed by atoms with Crippen molar-refractivity contribution in [2.24, 2.45) is 0 Å². The fourth-order valence-electron chi connectivity index (χ4n) is 4.46. The van der Waals surface area contributed by atoms with Crippen LogP contribution >= 0.6 is 22.9 Å². The first kappa shape index (κ1) is 22.9. The van der Waals surface area contributed by atoms with E-state index in [1.807, 2.05) is 22.8 Å². The van der Waals surface area contributed by atoms with Crippen LogP contribution in [0.4, 0.5) is 0 Å². The summed E-state index contributed by atoms with van der Waals surface area (Å²) in [6.45, 7) is 6.65. The molecule has 0 radical (unpaired) electrons. The number of fused-ring (bicyclic) bond motifs is 1. The van der Waals surface area contributed by atoms with Crippen molar-refractivity contribution >= 4 is 39.9 Å². The van der Waals surface area contributed by atoms with Crippen LogP contribution in [0.25, 0.3) is 21.7 Å². The van der Waals surface area contributed by atoms with Crippen LogP contribution < -0.4 is 10.9 Å². The van der Waals surface area contributed by atoms with Gasteiger partial charge in [0.1, 0.15) is 11.4 Å². The van der Waals surface area contributed by atoms with Crippen molar-refractivity contribution in [3.63, 3.8) is 0 Å². The number of amides is 1. The minimum Gasteiger partial charge on any atom is -0.355 e. The summed E-state index contributed by atoms with van der Waals surface area (Å²) >= 11 is 7.46. The highest BCUT2D eigenvalue weighted by Crippen LogP contribution is 2.31. The number of thiophene rings is 1. The number of H-pyrrole nitrogens is 1. The van der Waals surface area contributed by atoms with Gasteiger partial charge in [0, 0.05) is 37.3 Å². The van der Waals surface area contributed by atoms with Crippen molar-refractivity contribution in [3.05, 3.63) is 62.5 Å². The Morgan fingerprint density at radius 1 is 1.26 bits per heavy atom. The van der Waals surface area contributed by atoms with Gasteiger partial charge in [-0.15, -0.1) is 11.3 Å². The zero-order chi connectivity index (χ0) is 23.8. The first-order chi connectivity index (χ1) is 16.4. The van der Waals surface area contributed by atoms with E-state index in [1.54, 1.807) is 12.1 Å². The van der Waals surface area contributed by atoms with E-state index in [-0.39, 0.29) is 17.5 Å². The lowest BCUT2D eigenvalue weighted by molar-refractivity contribution is 0.0892. The number of nitrogens with zero attached hydrogens (tertiary/aromatic N) is 3. The molecule has 5 rings (SSSR count). The second-order valence-electron chi connectivity index (χ2n) is 8.90. The minimum absolute atomic E-state index is 0.121. The second-order valence-corrected chi connectivity index (χ2v) is 10.6. The molecule has 0 aromatic carbocycles. The van der Waals surface area contributed by atoms with E-state index in [4.69, 9.17) is 16.1 Å². The zero-order valence-corrected chi connectivity index (χ0v) is 20.6. The number of carbonyl (C=O) groups is 1. The number of carbonyl (C=O) groups excluding carboxylic acids is 1. The number of rotatable bonds is 6. The Labute approximate surface area is 205 Å². The van der Waals surface area contributed by atoms with E-state index < -0.39 is 0 Å². The van der Waals surface area contributed by atoms with Gasteiger partial charge in [-0.3, -0.25) is 9.59 Å². The summed E-state index contributed by atoms with van der Waals surface area (Å²) in [5, 5.41) is 7.40. The lowest BCUT2D eigenvalue weighted by Crippen LogP contribution is -2.46. The zero-order valence-electron chi connectivity index (χ0n) is 19.0. The Hall–Kier alpha value is -2.88. The van der Waals surface area contributed by atoms with Crippen molar-refractivity contribution in [2.75, 3.05) is 13.1 Å². The van der Waals surface area contributed by atoms with E-state index in [2.05, 4.69) is 34.2 Å². The van der Waals surface area contributed by atoms with Crippen molar-refractivity contribution in [3.8, 4) is 10.6 Å². The molecule has 0 spiro atoms. The standard InChI is InChI=1S/C24H26ClN5O3S/c1-14(2)29-9-7-15(8-10-29)26-24(32)19-12-17-18(3-6-23(31)27-17)30(19)13-16-11-20(33-28-16)21-4-5-22(25)34-21/h3-6,11-12,14-15H,7-10,13H2,1-2H3,(H,26,32)(H,27,31). The van der Waals surface area contributed by atoms with E-state index in [1.165, 1.54) is 17.4 Å². The molecule has 178 valence electrons. The summed E-state index contributed by atoms with van der Waals surface area (Å²) in [7, 11) is 0. The van der Waals surface area contributed by atoms with Crippen LogP contribution in [0.1, 0.15) is 42.9 Å². The Bertz CT molecular complexity index is 1380. The highest BCUT2D eigenvalue weighted by Gasteiger charge is 2.25. The van der Waals surface area contributed by atoms with Crippen LogP contribution in [0.2, 0.25) is 4.34 Å². The van der Waals surface area contributed by atoms with Crippen LogP contribution in [0.5, 0.6) is 0 Å². The molecule has 0 bridgehead atoms. The fourth-order valence-corrected chi connectivity index (χ4v) is 5.45. The summed E-state index contributed by atoms with van der Waals surface area (Å²) in [4.78, 5) is 31.4. The highest BCUT2D eigenvalue weighted by molar-refractivity contribution is 7.19. The average Bonchev–Trinajstić information content (AvgIpc) is 3.53. The number of aromatic nitrogens is 3. The quantitative estimate of drug-likeness (QED) is 0.411. The number of aromatic amines is 1. The monoisotopic (exact) mass is 499 g/mol. The molecule has 1 aliphatic heterocycles. The summed E-state index contributed by atoms with van der Waals surface area (Å²) in [6.07, 6.45) is 1.83. The summed E-state index contributed by atoms with van der Waals surface area (Å²) < 4.78 is 8.06. The molecule has 0 atom stereocenters. The third kappa shape index (κ3) is 4.68. The first-order valence-electron chi connectivity index (χ1n) is 11.4. The molecule has 1 saturated heterocycles. The third-order valence-electron chi connectivity index (χ3n) is 6.31. The van der Waals surface area contributed by atoms with Gasteiger partial charge < -0.3 is 24.3 Å². The Kier molecular flexibility index (Phi) is 6.33. The molecule has 1 amide bonds. The van der Waals surface area contributed by atoms with Crippen molar-refractivity contribution in [2.45, 2.75) is 45.3 Å². The van der Waals surface area contributed by atoms with Gasteiger partial charge in [0.25, 0.3) is 5.91 Å². The maximum absolute atomic E-state index is 13.3. The highest BCUT2D eigenvalue weighted by atomic mass is 35.5. The van der Waals surface area contributed by atoms with Gasteiger partial charge in [-0.25, -0.2) is 0 Å². The van der Waals surface area contributed by atoms with Crippen molar-refractivity contribution < 1.29 is 9.32 Å². The van der Waals surface area contributed by atoms with Crippen LogP contribution in [-0.4, -0.2) is 50.7 Å². The van der Waals surface area contributed by atoms with Crippen molar-refractivity contribution in [1.29, 1.82) is 0 Å². The Morgan fingerprint density at radius 2 is 2.06 bits per heavy atom. The molecule has 0 unspecified atom stereocenters. The van der Waals surface area contributed by atoms with Gasteiger partial charge in [-0.05, 0) is 51.0 Å². The molecule has 1 aliphatic rings. The molecule has 1 fully saturated rings. The second kappa shape index (κ2) is 9.40. The molecular weight excluding hydrogens is 474 g/mol. The predicted octanol–water partition coefficient (Wildman–Crippen LogP) is 4.35. The van der Waals surface area contributed by atoms with Gasteiger partial charge in [0.2, 0.25) is 5.56 Å². The SMILES string of the molecule is CC(C)N1CCC(NC(=O)c2cc3[nH]c(=O)ccc3n2Cc2cc(-c3ccc(Cl)s3)on2)CC1. The molecule has 0 saturated carbocycles. The normalized spacial score (nSPS) is 15.4. The number of hydrogen-bond donors (Lipinski definition) is 2. The van der Waals surface area contributed by atoms with Crippen LogP contribution in [0, 0.1) is 0 Å². The Morgan fingerprint density at radius 3 is 2.76 bits per heavy atom. The van der Waals surface area contributed by atoms with Gasteiger partial charge in [-0.1, -0.05) is 16.8 Å². The van der Waals surface area contributed by atoms with Gasteiger partial charge in [0.05, 0.1) is 26.8 Å². The van der Waals surface area contributed by atoms with E-state index in [0.29, 0.717) is 39.6 Å². The summed E-state index contributed by atoms with van der Waals surface area (Å²) in [6, 6.07) is 11.1. The fraction of sp³-hybridized carbons (Fsp3) is 0.375. The smallest absolute Gasteiger partial charge is 0.268 e. The molecule has 10 heteroatoms. The van der Waals surface area contributed by atoms with Gasteiger partial charge >= 0.3 is 0 Å². The minimum atomic E-state index is -0.212. The molecule has 5 heterocycles. The molecule has 34 heavy (non-hydrogen) atoms. The number of halogens is 1. The van der Waals surface area contributed by atoms with Gasteiger partial charge in [0.15, 0.2) is 5.76 Å². The predicted molar refractivity (Wildman–Crippen MR) is 134 cm³/mol. The molecule has 8 nitrogen and oxygen atoms in total. The van der Waals surface area contributed by atoms with E-state index >= 15 is 0 Å². The molecule has 2 N–H and O–H groups in total. The van der Waals surface area contributed by atoms with E-state index in [9.17, 15) is 9.59 Å². The van der Waals surface area contributed by atoms with E-state index in [0.717, 1.165) is 36.3 Å². The lowest BCUT2D eigenvalue weighted by atomic mass is 10.0. The van der Waals surface area contributed by atoms with Crippen LogP contribution in [-0.2, 0) is 6.54 Å². The number of hydrogen-bond acceptors (Lipinski definition) is 6. The molecule has 0 aliphatic carbocycles. The average molecular weight is 500 g/mol. The number of likely N-dealkylation sites (tertiary alicyclic amines) is 1. The largest absolute Gasteiger partial charge is 0.355 e. The molecule has 4 aromatic rings. The molecular formula is C24H26ClN5O3S. The number of piperidine rings is 1. The van der Waals surface area contributed by atoms with Crippen LogP contribution in [0.15, 0.2) is 45.7 Å². The summed E-state index contributed by atoms with van der Waals surface area (Å²) in [5.41, 5.74) is 2.30. The Balaban J connectivity index is 1.41. The van der Waals surface area contributed by atoms with Gasteiger partial charge in [-0.2, -0.15) is 0 Å². The first-order valence-corrected chi connectivity index (χ1v) is 12.6. The lowest BCUT2D eigenvalue weighted by Gasteiger charge is -2.34. The third-order valence-corrected chi connectivity index (χ3v) is 7.56. The maximum atomic E-state index is 13.3. The topological polar surface area (TPSA) is 96.2 Å². The molecule has 4 aromatic heterocycles. The summed E-state index contributed by atoms with van der Waals surface area (Å²) in [5.74, 6) is 0.466. The maximum Gasteiger partial charge on any atom is 0.268 e. The van der Waals surface area contributed by atoms with Crippen molar-refractivity contribution in [1.82, 2.24) is 24.9 Å². The van der Waals surface area contributed by atoms with Crippen LogP contribution in [0.3, 0.4) is 0 Å². The number of pyridine rings is 1. The number of nitrogens with one attached hydrogen (secondary N) is 2.